The molecule has 0 spiro atoms. The van der Waals surface area contributed by atoms with Crippen LogP contribution in [0, 0.1) is 0 Å². The molecule has 1 saturated heterocycles. The standard InChI is InChI=1S/C21H23F3N6OS/c22-21(23,24)13-29-7-9-30(10-8-29)20-11-19(27-14-28-20)26-12-16(31)18-5-4-17(32-18)15-3-1-2-6-25-15/h1-6,11,14,16,31H,7-10,12-13H2,(H,26,27,28). The highest BCUT2D eigenvalue weighted by molar-refractivity contribution is 7.15. The highest BCUT2D eigenvalue weighted by Gasteiger charge is 2.32. The van der Waals surface area contributed by atoms with Crippen LogP contribution in [0.2, 0.25) is 0 Å². The molecule has 7 nitrogen and oxygen atoms in total. The number of thiophene rings is 1. The van der Waals surface area contributed by atoms with Crippen LogP contribution in [0.5, 0.6) is 0 Å². The Morgan fingerprint density at radius 2 is 1.88 bits per heavy atom. The number of alkyl halides is 3. The van der Waals surface area contributed by atoms with Crippen molar-refractivity contribution in [3.8, 4) is 10.6 Å². The monoisotopic (exact) mass is 464 g/mol. The van der Waals surface area contributed by atoms with Crippen LogP contribution in [0.4, 0.5) is 24.8 Å². The minimum atomic E-state index is -4.18. The van der Waals surface area contributed by atoms with Crippen LogP contribution in [0.15, 0.2) is 48.9 Å². The van der Waals surface area contributed by atoms with Crippen LogP contribution in [0.3, 0.4) is 0 Å². The molecule has 3 aromatic heterocycles. The summed E-state index contributed by atoms with van der Waals surface area (Å²) in [5.41, 5.74) is 0.861. The summed E-state index contributed by atoms with van der Waals surface area (Å²) in [6.45, 7) is 0.934. The van der Waals surface area contributed by atoms with Gasteiger partial charge in [0.1, 0.15) is 24.1 Å². The fourth-order valence-electron chi connectivity index (χ4n) is 3.49. The van der Waals surface area contributed by atoms with E-state index in [1.165, 1.54) is 22.6 Å². The molecule has 4 heterocycles. The first-order valence-electron chi connectivity index (χ1n) is 10.2. The summed E-state index contributed by atoms with van der Waals surface area (Å²) in [6, 6.07) is 11.3. The molecule has 1 fully saturated rings. The van der Waals surface area contributed by atoms with E-state index in [1.54, 1.807) is 12.3 Å². The molecule has 2 N–H and O–H groups in total. The fourth-order valence-corrected chi connectivity index (χ4v) is 4.46. The van der Waals surface area contributed by atoms with Crippen LogP contribution < -0.4 is 10.2 Å². The van der Waals surface area contributed by atoms with Gasteiger partial charge in [-0.05, 0) is 24.3 Å². The smallest absolute Gasteiger partial charge is 0.386 e. The Labute approximate surface area is 187 Å². The maximum absolute atomic E-state index is 12.6. The Hall–Kier alpha value is -2.76. The van der Waals surface area contributed by atoms with E-state index in [2.05, 4.69) is 20.3 Å². The molecule has 32 heavy (non-hydrogen) atoms. The molecule has 0 bridgehead atoms. The van der Waals surface area contributed by atoms with E-state index in [9.17, 15) is 18.3 Å². The van der Waals surface area contributed by atoms with Gasteiger partial charge in [0, 0.05) is 49.9 Å². The van der Waals surface area contributed by atoms with E-state index < -0.39 is 18.8 Å². The van der Waals surface area contributed by atoms with Crippen LogP contribution in [-0.4, -0.2) is 70.4 Å². The number of rotatable bonds is 7. The van der Waals surface area contributed by atoms with Crippen LogP contribution in [0.1, 0.15) is 11.0 Å². The Balaban J connectivity index is 1.31. The minimum Gasteiger partial charge on any atom is -0.386 e. The predicted molar refractivity (Wildman–Crippen MR) is 118 cm³/mol. The zero-order valence-corrected chi connectivity index (χ0v) is 18.0. The molecule has 0 aliphatic carbocycles. The lowest BCUT2D eigenvalue weighted by Gasteiger charge is -2.35. The second-order valence-corrected chi connectivity index (χ2v) is 8.57. The number of anilines is 2. The van der Waals surface area contributed by atoms with Gasteiger partial charge >= 0.3 is 6.18 Å². The minimum absolute atomic E-state index is 0.262. The maximum Gasteiger partial charge on any atom is 0.401 e. The molecule has 1 aliphatic heterocycles. The second-order valence-electron chi connectivity index (χ2n) is 7.45. The highest BCUT2D eigenvalue weighted by Crippen LogP contribution is 2.30. The topological polar surface area (TPSA) is 77.4 Å². The van der Waals surface area contributed by atoms with Gasteiger partial charge in [0.2, 0.25) is 0 Å². The van der Waals surface area contributed by atoms with Crippen molar-refractivity contribution < 1.29 is 18.3 Å². The van der Waals surface area contributed by atoms with Gasteiger partial charge in [-0.3, -0.25) is 9.88 Å². The Kier molecular flexibility index (Phi) is 6.87. The highest BCUT2D eigenvalue weighted by atomic mass is 32.1. The molecule has 1 aliphatic rings. The molecular weight excluding hydrogens is 441 g/mol. The third kappa shape index (κ3) is 5.93. The summed E-state index contributed by atoms with van der Waals surface area (Å²) in [7, 11) is 0. The van der Waals surface area contributed by atoms with Gasteiger partial charge in [-0.15, -0.1) is 11.3 Å². The van der Waals surface area contributed by atoms with Gasteiger partial charge < -0.3 is 15.3 Å². The molecule has 3 aromatic rings. The summed E-state index contributed by atoms with van der Waals surface area (Å²) in [4.78, 5) is 17.9. The number of halogens is 3. The number of hydrogen-bond donors (Lipinski definition) is 2. The zero-order valence-electron chi connectivity index (χ0n) is 17.2. The lowest BCUT2D eigenvalue weighted by atomic mass is 10.2. The van der Waals surface area contributed by atoms with Crippen molar-refractivity contribution in [3.05, 3.63) is 53.8 Å². The van der Waals surface area contributed by atoms with E-state index in [1.807, 2.05) is 35.2 Å². The van der Waals surface area contributed by atoms with Crippen molar-refractivity contribution in [2.24, 2.45) is 0 Å². The van der Waals surface area contributed by atoms with E-state index in [0.717, 1.165) is 15.4 Å². The first-order valence-corrected chi connectivity index (χ1v) is 11.0. The summed E-state index contributed by atoms with van der Waals surface area (Å²) < 4.78 is 37.7. The number of aliphatic hydroxyl groups is 1. The zero-order chi connectivity index (χ0) is 22.6. The predicted octanol–water partition coefficient (Wildman–Crippen LogP) is 3.43. The molecule has 1 atom stereocenters. The summed E-state index contributed by atoms with van der Waals surface area (Å²) >= 11 is 1.48. The lowest BCUT2D eigenvalue weighted by molar-refractivity contribution is -0.146. The van der Waals surface area contributed by atoms with Crippen LogP contribution in [-0.2, 0) is 0 Å². The maximum atomic E-state index is 12.6. The van der Waals surface area contributed by atoms with Crippen molar-refractivity contribution in [3.63, 3.8) is 0 Å². The average molecular weight is 465 g/mol. The molecule has 0 amide bonds. The summed E-state index contributed by atoms with van der Waals surface area (Å²) in [5.74, 6) is 1.20. The van der Waals surface area contributed by atoms with Crippen molar-refractivity contribution in [2.45, 2.75) is 12.3 Å². The SMILES string of the molecule is OC(CNc1cc(N2CCN(CC(F)(F)F)CC2)ncn1)c1ccc(-c2ccccn2)s1. The Bertz CT molecular complexity index is 1010. The number of aliphatic hydroxyl groups excluding tert-OH is 1. The Morgan fingerprint density at radius 3 is 2.59 bits per heavy atom. The lowest BCUT2D eigenvalue weighted by Crippen LogP contribution is -2.49. The molecule has 1 unspecified atom stereocenters. The van der Waals surface area contributed by atoms with E-state index in [4.69, 9.17) is 0 Å². The van der Waals surface area contributed by atoms with Gasteiger partial charge in [0.25, 0.3) is 0 Å². The van der Waals surface area contributed by atoms with Gasteiger partial charge in [-0.2, -0.15) is 13.2 Å². The molecule has 0 radical (unpaired) electrons. The largest absolute Gasteiger partial charge is 0.401 e. The van der Waals surface area contributed by atoms with Gasteiger partial charge in [-0.25, -0.2) is 9.97 Å². The number of piperazine rings is 1. The van der Waals surface area contributed by atoms with Crippen LogP contribution in [0.25, 0.3) is 10.6 Å². The molecule has 4 rings (SSSR count). The van der Waals surface area contributed by atoms with Crippen molar-refractivity contribution in [1.29, 1.82) is 0 Å². The number of aromatic nitrogens is 3. The van der Waals surface area contributed by atoms with Crippen molar-refractivity contribution in [1.82, 2.24) is 19.9 Å². The second kappa shape index (κ2) is 9.80. The number of nitrogens with zero attached hydrogens (tertiary/aromatic N) is 5. The van der Waals surface area contributed by atoms with E-state index >= 15 is 0 Å². The molecule has 0 aromatic carbocycles. The van der Waals surface area contributed by atoms with Crippen molar-refractivity contribution >= 4 is 23.0 Å². The molecule has 0 saturated carbocycles. The summed E-state index contributed by atoms with van der Waals surface area (Å²) in [5, 5.41) is 13.7. The fraction of sp³-hybridized carbons (Fsp3) is 0.381. The quantitative estimate of drug-likeness (QED) is 0.555. The third-order valence-electron chi connectivity index (χ3n) is 5.10. The molecular formula is C21H23F3N6OS. The normalized spacial score (nSPS) is 16.2. The number of hydrogen-bond acceptors (Lipinski definition) is 8. The summed E-state index contributed by atoms with van der Waals surface area (Å²) in [6.07, 6.45) is -1.76. The first kappa shape index (κ1) is 22.4. The van der Waals surface area contributed by atoms with Gasteiger partial charge in [-0.1, -0.05) is 6.07 Å². The van der Waals surface area contributed by atoms with E-state index in [0.29, 0.717) is 37.8 Å². The van der Waals surface area contributed by atoms with Crippen molar-refractivity contribution in [2.75, 3.05) is 49.5 Å². The first-order chi connectivity index (χ1) is 15.4. The number of pyridine rings is 1. The van der Waals surface area contributed by atoms with E-state index in [-0.39, 0.29) is 6.54 Å². The van der Waals surface area contributed by atoms with Gasteiger partial charge in [0.15, 0.2) is 0 Å². The van der Waals surface area contributed by atoms with Gasteiger partial charge in [0.05, 0.1) is 17.1 Å². The molecule has 170 valence electrons. The third-order valence-corrected chi connectivity index (χ3v) is 6.31. The number of nitrogens with one attached hydrogen (secondary N) is 1. The molecule has 11 heteroatoms. The average Bonchev–Trinajstić information content (AvgIpc) is 3.28. The van der Waals surface area contributed by atoms with Crippen LogP contribution >= 0.6 is 11.3 Å². The Morgan fingerprint density at radius 1 is 1.06 bits per heavy atom.